The van der Waals surface area contributed by atoms with Crippen LogP contribution in [0.3, 0.4) is 0 Å². The van der Waals surface area contributed by atoms with Crippen molar-refractivity contribution >= 4 is 31.8 Å². The number of aliphatic hydroxyl groups excluding tert-OH is 1. The van der Waals surface area contributed by atoms with Gasteiger partial charge in [-0.05, 0) is 73.7 Å². The van der Waals surface area contributed by atoms with Gasteiger partial charge in [0.2, 0.25) is 0 Å². The molecule has 1 unspecified atom stereocenters. The molecule has 9 heteroatoms. The quantitative estimate of drug-likeness (QED) is 0.378. The molecule has 2 N–H and O–H groups in total. The van der Waals surface area contributed by atoms with Crippen molar-refractivity contribution in [3.05, 3.63) is 54.2 Å². The zero-order chi connectivity index (χ0) is 25.7. The van der Waals surface area contributed by atoms with Gasteiger partial charge in [0.15, 0.2) is 16.1 Å². The Kier molecular flexibility index (Phi) is 6.19. The van der Waals surface area contributed by atoms with Crippen molar-refractivity contribution in [3.8, 4) is 16.9 Å². The lowest BCUT2D eigenvalue weighted by molar-refractivity contribution is -0.101. The molecule has 37 heavy (non-hydrogen) atoms. The number of pyridine rings is 1. The smallest absolute Gasteiger partial charge is 0.181 e. The van der Waals surface area contributed by atoms with Crippen LogP contribution in [0.2, 0.25) is 0 Å². The number of rotatable bonds is 7. The van der Waals surface area contributed by atoms with E-state index in [4.69, 9.17) is 9.47 Å². The summed E-state index contributed by atoms with van der Waals surface area (Å²) in [5.74, 6) is 0.655. The number of H-pyrrole nitrogens is 1. The fraction of sp³-hybridized carbons (Fsp3) is 0.393. The van der Waals surface area contributed by atoms with Crippen LogP contribution in [-0.2, 0) is 14.6 Å². The normalized spacial score (nSPS) is 19.9. The highest BCUT2D eigenvalue weighted by molar-refractivity contribution is 7.92. The Morgan fingerprint density at radius 2 is 2.08 bits per heavy atom. The van der Waals surface area contributed by atoms with E-state index in [1.165, 1.54) is 0 Å². The summed E-state index contributed by atoms with van der Waals surface area (Å²) >= 11 is 0. The van der Waals surface area contributed by atoms with E-state index >= 15 is 0 Å². The highest BCUT2D eigenvalue weighted by atomic mass is 32.2. The highest BCUT2D eigenvalue weighted by Crippen LogP contribution is 2.41. The van der Waals surface area contributed by atoms with Crippen LogP contribution < -0.4 is 4.74 Å². The maximum Gasteiger partial charge on any atom is 0.181 e. The summed E-state index contributed by atoms with van der Waals surface area (Å²) in [7, 11) is -3.31. The van der Waals surface area contributed by atoms with Gasteiger partial charge in [-0.3, -0.25) is 4.90 Å². The van der Waals surface area contributed by atoms with Gasteiger partial charge in [0.25, 0.3) is 0 Å². The molecular weight excluding hydrogens is 490 g/mol. The van der Waals surface area contributed by atoms with Gasteiger partial charge in [-0.25, -0.2) is 13.4 Å². The fourth-order valence-corrected chi connectivity index (χ4v) is 6.84. The third-order valence-electron chi connectivity index (χ3n) is 7.09. The second-order valence-electron chi connectivity index (χ2n) is 10.2. The molecule has 0 amide bonds. The van der Waals surface area contributed by atoms with Crippen LogP contribution >= 0.6 is 0 Å². The zero-order valence-corrected chi connectivity index (χ0v) is 21.8. The summed E-state index contributed by atoms with van der Waals surface area (Å²) in [6, 6.07) is 13.2. The topological polar surface area (TPSA) is 105 Å². The number of nitrogens with zero attached hydrogens (tertiary/aromatic N) is 2. The number of β-amino-alcohol motifs (C(OH)–C–C–N with tert-alkyl or cyclic N) is 1. The van der Waals surface area contributed by atoms with Crippen LogP contribution in [0.25, 0.3) is 33.1 Å². The number of hydrogen-bond acceptors (Lipinski definition) is 7. The van der Waals surface area contributed by atoms with Crippen LogP contribution in [0.5, 0.6) is 5.75 Å². The average molecular weight is 522 g/mol. The lowest BCUT2D eigenvalue weighted by atomic mass is 9.99. The largest absolute Gasteiger partial charge is 0.470 e. The van der Waals surface area contributed by atoms with Crippen molar-refractivity contribution < 1.29 is 23.0 Å². The summed E-state index contributed by atoms with van der Waals surface area (Å²) in [5.41, 5.74) is 4.30. The fourth-order valence-electron chi connectivity index (χ4n) is 5.13. The van der Waals surface area contributed by atoms with Crippen molar-refractivity contribution in [2.75, 3.05) is 26.3 Å². The van der Waals surface area contributed by atoms with E-state index < -0.39 is 15.9 Å². The maximum atomic E-state index is 13.0. The highest BCUT2D eigenvalue weighted by Gasteiger charge is 2.37. The minimum atomic E-state index is -3.31. The van der Waals surface area contributed by atoms with E-state index in [0.29, 0.717) is 36.9 Å². The van der Waals surface area contributed by atoms with E-state index in [0.717, 1.165) is 51.5 Å². The summed E-state index contributed by atoms with van der Waals surface area (Å²) in [4.78, 5) is 10.5. The molecule has 1 aliphatic heterocycles. The number of hydrogen-bond donors (Lipinski definition) is 2. The van der Waals surface area contributed by atoms with Gasteiger partial charge in [0.05, 0.1) is 35.0 Å². The van der Waals surface area contributed by atoms with Gasteiger partial charge in [0.1, 0.15) is 11.4 Å². The van der Waals surface area contributed by atoms with E-state index in [1.807, 2.05) is 37.4 Å². The summed E-state index contributed by atoms with van der Waals surface area (Å²) in [5, 5.41) is 11.6. The molecule has 6 rings (SSSR count). The van der Waals surface area contributed by atoms with Crippen LogP contribution in [0.4, 0.5) is 0 Å². The monoisotopic (exact) mass is 521 g/mol. The summed E-state index contributed by atoms with van der Waals surface area (Å²) in [6.45, 7) is 5.92. The molecule has 1 saturated heterocycles. The van der Waals surface area contributed by atoms with E-state index in [1.54, 1.807) is 19.1 Å². The Hall–Kier alpha value is -2.98. The van der Waals surface area contributed by atoms with Crippen LogP contribution in [0.15, 0.2) is 53.6 Å². The molecule has 3 heterocycles. The molecule has 2 aromatic heterocycles. The Bertz CT molecular complexity index is 1580. The molecule has 2 aliphatic rings. The lowest BCUT2D eigenvalue weighted by Crippen LogP contribution is -2.50. The lowest BCUT2D eigenvalue weighted by Gasteiger charge is -2.36. The van der Waals surface area contributed by atoms with Gasteiger partial charge in [-0.1, -0.05) is 12.1 Å². The van der Waals surface area contributed by atoms with Crippen LogP contribution in [0, 0.1) is 6.92 Å². The van der Waals surface area contributed by atoms with Crippen molar-refractivity contribution in [2.45, 2.75) is 49.2 Å². The minimum Gasteiger partial charge on any atom is -0.470 e. The van der Waals surface area contributed by atoms with Gasteiger partial charge in [0, 0.05) is 30.1 Å². The molecule has 0 spiro atoms. The van der Waals surface area contributed by atoms with Crippen LogP contribution in [-0.4, -0.2) is 72.3 Å². The number of aryl methyl sites for hydroxylation is 1. The Morgan fingerprint density at radius 3 is 2.86 bits per heavy atom. The first-order valence-electron chi connectivity index (χ1n) is 12.7. The zero-order valence-electron chi connectivity index (χ0n) is 21.0. The number of ether oxygens (including phenoxy) is 2. The first kappa shape index (κ1) is 24.4. The second-order valence-corrected chi connectivity index (χ2v) is 12.4. The van der Waals surface area contributed by atoms with Gasteiger partial charge < -0.3 is 19.6 Å². The first-order valence-corrected chi connectivity index (χ1v) is 14.3. The molecule has 194 valence electrons. The number of fused-ring (bicyclic) bond motifs is 3. The number of benzene rings is 2. The molecule has 1 saturated carbocycles. The molecule has 0 radical (unpaired) electrons. The second kappa shape index (κ2) is 9.40. The number of sulfone groups is 1. The standard InChI is InChI=1S/C28H31N3O5S/c1-17-12-23-26-22(19-4-3-5-21(13-19)37(33,34)20-6-7-20)8-9-24(27(26)30-28(23)29-14-17)36-25-16-35-11-10-31(25)15-18(2)32/h3-5,8-9,12-14,18,20,25,32H,6-7,10-11,15-16H2,1-2H3,(H,29,30)/t18?,25-/m1/s1. The summed E-state index contributed by atoms with van der Waals surface area (Å²) < 4.78 is 38.1. The van der Waals surface area contributed by atoms with Crippen LogP contribution in [0.1, 0.15) is 25.3 Å². The number of nitrogens with one attached hydrogen (secondary N) is 1. The maximum absolute atomic E-state index is 13.0. The van der Waals surface area contributed by atoms with Crippen molar-refractivity contribution in [2.24, 2.45) is 0 Å². The number of aliphatic hydroxyl groups is 1. The third-order valence-corrected chi connectivity index (χ3v) is 9.35. The molecular formula is C28H31N3O5S. The molecule has 4 aromatic rings. The molecule has 2 atom stereocenters. The molecule has 8 nitrogen and oxygen atoms in total. The Morgan fingerprint density at radius 1 is 1.24 bits per heavy atom. The Balaban J connectivity index is 1.48. The predicted octanol–water partition coefficient (Wildman–Crippen LogP) is 4.05. The van der Waals surface area contributed by atoms with E-state index in [2.05, 4.69) is 20.9 Å². The SMILES string of the molecule is Cc1cnc2[nH]c3c(O[C@@H]4COCCN4CC(C)O)ccc(-c4cccc(S(=O)(=O)C5CC5)c4)c3c2c1. The first-order chi connectivity index (χ1) is 17.8. The predicted molar refractivity (Wildman–Crippen MR) is 142 cm³/mol. The van der Waals surface area contributed by atoms with Gasteiger partial charge in [-0.15, -0.1) is 0 Å². The number of aromatic nitrogens is 2. The number of aromatic amines is 1. The molecule has 1 aliphatic carbocycles. The van der Waals surface area contributed by atoms with Crippen molar-refractivity contribution in [3.63, 3.8) is 0 Å². The van der Waals surface area contributed by atoms with Gasteiger partial charge >= 0.3 is 0 Å². The third kappa shape index (κ3) is 4.61. The Labute approximate surface area is 216 Å². The van der Waals surface area contributed by atoms with E-state index in [-0.39, 0.29) is 11.5 Å². The molecule has 2 fully saturated rings. The minimum absolute atomic E-state index is 0.263. The van der Waals surface area contributed by atoms with E-state index in [9.17, 15) is 13.5 Å². The summed E-state index contributed by atoms with van der Waals surface area (Å²) in [6.07, 6.45) is 2.46. The molecule has 2 aromatic carbocycles. The average Bonchev–Trinajstić information content (AvgIpc) is 3.67. The van der Waals surface area contributed by atoms with Gasteiger partial charge in [-0.2, -0.15) is 0 Å². The van der Waals surface area contributed by atoms with Crippen molar-refractivity contribution in [1.82, 2.24) is 14.9 Å². The molecule has 0 bridgehead atoms. The van der Waals surface area contributed by atoms with Crippen molar-refractivity contribution in [1.29, 1.82) is 0 Å². The number of morpholine rings is 1.